The van der Waals surface area contributed by atoms with Crippen molar-refractivity contribution in [3.05, 3.63) is 65.2 Å². The van der Waals surface area contributed by atoms with E-state index in [0.717, 1.165) is 5.69 Å². The van der Waals surface area contributed by atoms with Crippen LogP contribution in [0.2, 0.25) is 0 Å². The van der Waals surface area contributed by atoms with E-state index in [4.69, 9.17) is 5.10 Å². The smallest absolute Gasteiger partial charge is 0.0959 e. The second-order valence-corrected chi connectivity index (χ2v) is 7.44. The molecule has 1 fully saturated rings. The zero-order chi connectivity index (χ0) is 17.4. The van der Waals surface area contributed by atoms with Crippen LogP contribution in [0.3, 0.4) is 0 Å². The highest BCUT2D eigenvalue weighted by molar-refractivity contribution is 5.74. The van der Waals surface area contributed by atoms with Gasteiger partial charge in [-0.05, 0) is 33.6 Å². The third kappa shape index (κ3) is 3.02. The SMILES string of the molecule is Cc1ccc(-c2nn(C3CCCC3)c(-c3ccc(C)cc3)c2C)cc1. The van der Waals surface area contributed by atoms with Gasteiger partial charge in [0.05, 0.1) is 17.4 Å². The van der Waals surface area contributed by atoms with Crippen molar-refractivity contribution in [3.63, 3.8) is 0 Å². The van der Waals surface area contributed by atoms with Crippen LogP contribution in [0.15, 0.2) is 48.5 Å². The average Bonchev–Trinajstić information content (AvgIpc) is 3.25. The predicted octanol–water partition coefficient (Wildman–Crippen LogP) is 6.26. The molecule has 3 aromatic rings. The van der Waals surface area contributed by atoms with Crippen LogP contribution in [0.1, 0.15) is 48.4 Å². The monoisotopic (exact) mass is 330 g/mol. The van der Waals surface area contributed by atoms with E-state index in [9.17, 15) is 0 Å². The fourth-order valence-corrected chi connectivity index (χ4v) is 3.98. The summed E-state index contributed by atoms with van der Waals surface area (Å²) in [5, 5.41) is 5.11. The van der Waals surface area contributed by atoms with Crippen molar-refractivity contribution >= 4 is 0 Å². The molecule has 0 unspecified atom stereocenters. The summed E-state index contributed by atoms with van der Waals surface area (Å²) >= 11 is 0. The first-order valence-corrected chi connectivity index (χ1v) is 9.36. The predicted molar refractivity (Wildman–Crippen MR) is 105 cm³/mol. The van der Waals surface area contributed by atoms with E-state index >= 15 is 0 Å². The number of hydrogen-bond acceptors (Lipinski definition) is 1. The molecule has 25 heavy (non-hydrogen) atoms. The highest BCUT2D eigenvalue weighted by Crippen LogP contribution is 2.38. The minimum Gasteiger partial charge on any atom is -0.261 e. The molecule has 1 heterocycles. The van der Waals surface area contributed by atoms with Gasteiger partial charge < -0.3 is 0 Å². The lowest BCUT2D eigenvalue weighted by Crippen LogP contribution is -2.08. The molecule has 2 heteroatoms. The van der Waals surface area contributed by atoms with E-state index in [-0.39, 0.29) is 0 Å². The first-order chi connectivity index (χ1) is 12.1. The summed E-state index contributed by atoms with van der Waals surface area (Å²) in [6.07, 6.45) is 5.12. The largest absolute Gasteiger partial charge is 0.261 e. The molecule has 2 nitrogen and oxygen atoms in total. The van der Waals surface area contributed by atoms with Crippen molar-refractivity contribution in [2.75, 3.05) is 0 Å². The lowest BCUT2D eigenvalue weighted by atomic mass is 10.0. The Morgan fingerprint density at radius 3 is 1.84 bits per heavy atom. The van der Waals surface area contributed by atoms with Crippen LogP contribution in [-0.4, -0.2) is 9.78 Å². The summed E-state index contributed by atoms with van der Waals surface area (Å²) in [6, 6.07) is 18.2. The van der Waals surface area contributed by atoms with Gasteiger partial charge in [-0.25, -0.2) is 0 Å². The first-order valence-electron chi connectivity index (χ1n) is 9.36. The lowest BCUT2D eigenvalue weighted by Gasteiger charge is -2.15. The summed E-state index contributed by atoms with van der Waals surface area (Å²) < 4.78 is 2.32. The van der Waals surface area contributed by atoms with Gasteiger partial charge in [0.25, 0.3) is 0 Å². The molecule has 1 aromatic heterocycles. The minimum absolute atomic E-state index is 0.536. The van der Waals surface area contributed by atoms with Crippen LogP contribution in [0.5, 0.6) is 0 Å². The van der Waals surface area contributed by atoms with Crippen molar-refractivity contribution in [1.82, 2.24) is 9.78 Å². The van der Waals surface area contributed by atoms with Gasteiger partial charge in [-0.2, -0.15) is 5.10 Å². The molecular formula is C23H26N2. The molecule has 0 N–H and O–H groups in total. The van der Waals surface area contributed by atoms with Crippen molar-refractivity contribution in [2.24, 2.45) is 0 Å². The van der Waals surface area contributed by atoms with Crippen LogP contribution in [0, 0.1) is 20.8 Å². The van der Waals surface area contributed by atoms with E-state index < -0.39 is 0 Å². The van der Waals surface area contributed by atoms with Crippen LogP contribution in [-0.2, 0) is 0 Å². The van der Waals surface area contributed by atoms with Crippen molar-refractivity contribution in [1.29, 1.82) is 0 Å². The van der Waals surface area contributed by atoms with E-state index in [2.05, 4.69) is 74.0 Å². The number of benzene rings is 2. The standard InChI is InChI=1S/C23H26N2/c1-16-8-12-19(13-9-16)22-18(3)23(20-14-10-17(2)11-15-20)25(24-22)21-6-4-5-7-21/h8-15,21H,4-7H2,1-3H3. The van der Waals surface area contributed by atoms with Gasteiger partial charge in [-0.3, -0.25) is 4.68 Å². The fraction of sp³-hybridized carbons (Fsp3) is 0.348. The van der Waals surface area contributed by atoms with Crippen LogP contribution < -0.4 is 0 Å². The Hall–Kier alpha value is -2.35. The minimum atomic E-state index is 0.536. The molecular weight excluding hydrogens is 304 g/mol. The maximum atomic E-state index is 5.11. The molecule has 2 aromatic carbocycles. The lowest BCUT2D eigenvalue weighted by molar-refractivity contribution is 0.473. The van der Waals surface area contributed by atoms with Gasteiger partial charge in [-0.15, -0.1) is 0 Å². The molecule has 1 aliphatic rings. The van der Waals surface area contributed by atoms with Gasteiger partial charge in [0, 0.05) is 16.7 Å². The Kier molecular flexibility index (Phi) is 4.20. The molecule has 1 aliphatic carbocycles. The second-order valence-electron chi connectivity index (χ2n) is 7.44. The third-order valence-electron chi connectivity index (χ3n) is 5.47. The molecule has 0 saturated heterocycles. The average molecular weight is 330 g/mol. The molecule has 0 bridgehead atoms. The Balaban J connectivity index is 1.88. The molecule has 0 radical (unpaired) electrons. The molecule has 0 atom stereocenters. The normalized spacial score (nSPS) is 15.0. The third-order valence-corrected chi connectivity index (χ3v) is 5.47. The number of aryl methyl sites for hydroxylation is 2. The summed E-state index contributed by atoms with van der Waals surface area (Å²) in [4.78, 5) is 0. The van der Waals surface area contributed by atoms with Gasteiger partial charge in [0.1, 0.15) is 0 Å². The van der Waals surface area contributed by atoms with E-state index in [1.54, 1.807) is 0 Å². The van der Waals surface area contributed by atoms with E-state index in [0.29, 0.717) is 6.04 Å². The first kappa shape index (κ1) is 16.1. The number of nitrogens with zero attached hydrogens (tertiary/aromatic N) is 2. The van der Waals surface area contributed by atoms with E-state index in [1.165, 1.54) is 59.2 Å². The molecule has 1 saturated carbocycles. The molecule has 0 spiro atoms. The highest BCUT2D eigenvalue weighted by atomic mass is 15.3. The van der Waals surface area contributed by atoms with Gasteiger partial charge in [-0.1, -0.05) is 72.5 Å². The Morgan fingerprint density at radius 2 is 1.28 bits per heavy atom. The van der Waals surface area contributed by atoms with Crippen LogP contribution in [0.4, 0.5) is 0 Å². The van der Waals surface area contributed by atoms with Crippen molar-refractivity contribution in [2.45, 2.75) is 52.5 Å². The number of aromatic nitrogens is 2. The maximum Gasteiger partial charge on any atom is 0.0959 e. The van der Waals surface area contributed by atoms with Crippen LogP contribution >= 0.6 is 0 Å². The summed E-state index contributed by atoms with van der Waals surface area (Å²) in [6.45, 7) is 6.50. The molecule has 128 valence electrons. The quantitative estimate of drug-likeness (QED) is 0.554. The summed E-state index contributed by atoms with van der Waals surface area (Å²) in [7, 11) is 0. The Morgan fingerprint density at radius 1 is 0.760 bits per heavy atom. The van der Waals surface area contributed by atoms with Crippen LogP contribution in [0.25, 0.3) is 22.5 Å². The second kappa shape index (κ2) is 6.51. The van der Waals surface area contributed by atoms with Crippen molar-refractivity contribution in [3.8, 4) is 22.5 Å². The van der Waals surface area contributed by atoms with Gasteiger partial charge in [0.2, 0.25) is 0 Å². The molecule has 0 aliphatic heterocycles. The zero-order valence-corrected chi connectivity index (χ0v) is 15.4. The molecule has 0 amide bonds. The van der Waals surface area contributed by atoms with Gasteiger partial charge in [0.15, 0.2) is 0 Å². The topological polar surface area (TPSA) is 17.8 Å². The van der Waals surface area contributed by atoms with E-state index in [1.807, 2.05) is 0 Å². The maximum absolute atomic E-state index is 5.11. The molecule has 4 rings (SSSR count). The summed E-state index contributed by atoms with van der Waals surface area (Å²) in [5.74, 6) is 0. The fourth-order valence-electron chi connectivity index (χ4n) is 3.98. The number of rotatable bonds is 3. The van der Waals surface area contributed by atoms with Crippen molar-refractivity contribution < 1.29 is 0 Å². The summed E-state index contributed by atoms with van der Waals surface area (Å²) in [5.41, 5.74) is 8.79. The Bertz CT molecular complexity index is 864. The zero-order valence-electron chi connectivity index (χ0n) is 15.4. The van der Waals surface area contributed by atoms with Gasteiger partial charge >= 0.3 is 0 Å². The number of hydrogen-bond donors (Lipinski definition) is 0. The Labute approximate surface area is 150 Å². The highest BCUT2D eigenvalue weighted by Gasteiger charge is 2.25.